The van der Waals surface area contributed by atoms with E-state index in [1.54, 1.807) is 11.3 Å². The summed E-state index contributed by atoms with van der Waals surface area (Å²) < 4.78 is 0. The normalized spacial score (nSPS) is 25.4. The predicted octanol–water partition coefficient (Wildman–Crippen LogP) is 0.951. The van der Waals surface area contributed by atoms with Gasteiger partial charge in [-0.3, -0.25) is 4.79 Å². The van der Waals surface area contributed by atoms with Gasteiger partial charge in [0.2, 0.25) is 5.91 Å². The molecule has 2 aliphatic rings. The number of fused-ring (bicyclic) bond motifs is 1. The number of likely N-dealkylation sites (N-methyl/N-ethyl adjacent to an activating group) is 1. The lowest BCUT2D eigenvalue weighted by Gasteiger charge is -2.23. The van der Waals surface area contributed by atoms with Crippen molar-refractivity contribution in [1.82, 2.24) is 15.2 Å². The molecule has 2 heterocycles. The largest absolute Gasteiger partial charge is 0.338 e. The van der Waals surface area contributed by atoms with Crippen LogP contribution in [0.15, 0.2) is 5.51 Å². The number of aromatic nitrogens is 1. The number of nitrogens with zero attached hydrogens (tertiary/aromatic N) is 2. The Bertz CT molecular complexity index is 413. The first-order valence-electron chi connectivity index (χ1n) is 5.71. The summed E-state index contributed by atoms with van der Waals surface area (Å²) in [6, 6.07) is 0.322. The van der Waals surface area contributed by atoms with Crippen LogP contribution in [0, 0.1) is 0 Å². The van der Waals surface area contributed by atoms with Crippen molar-refractivity contribution in [3.8, 4) is 0 Å². The Hall–Kier alpha value is -0.940. The summed E-state index contributed by atoms with van der Waals surface area (Å²) in [5.74, 6) is 0.230. The summed E-state index contributed by atoms with van der Waals surface area (Å²) in [6.45, 7) is 0.832. The van der Waals surface area contributed by atoms with Gasteiger partial charge in [-0.05, 0) is 19.9 Å². The quantitative estimate of drug-likeness (QED) is 0.833. The Morgan fingerprint density at radius 2 is 2.38 bits per heavy atom. The van der Waals surface area contributed by atoms with Crippen LogP contribution in [0.2, 0.25) is 0 Å². The topological polar surface area (TPSA) is 45.2 Å². The zero-order valence-electron chi connectivity index (χ0n) is 9.27. The molecule has 1 aliphatic heterocycles. The first-order valence-corrected chi connectivity index (χ1v) is 6.59. The molecule has 0 aromatic carbocycles. The van der Waals surface area contributed by atoms with E-state index in [9.17, 15) is 4.79 Å². The highest BCUT2D eigenvalue weighted by molar-refractivity contribution is 7.10. The molecule has 1 aromatic rings. The van der Waals surface area contributed by atoms with Crippen LogP contribution in [0.25, 0.3) is 0 Å². The van der Waals surface area contributed by atoms with E-state index in [1.807, 2.05) is 17.5 Å². The van der Waals surface area contributed by atoms with Crippen molar-refractivity contribution in [3.05, 3.63) is 16.1 Å². The molecule has 1 aliphatic carbocycles. The van der Waals surface area contributed by atoms with E-state index in [4.69, 9.17) is 0 Å². The molecule has 0 saturated heterocycles. The molecule has 1 unspecified atom stereocenters. The van der Waals surface area contributed by atoms with Crippen LogP contribution in [-0.4, -0.2) is 35.4 Å². The number of hydrogen-bond donors (Lipinski definition) is 1. The van der Waals surface area contributed by atoms with Gasteiger partial charge in [0.05, 0.1) is 16.1 Å². The van der Waals surface area contributed by atoms with Crippen LogP contribution in [0.1, 0.15) is 29.5 Å². The molecule has 1 aromatic heterocycles. The van der Waals surface area contributed by atoms with Crippen LogP contribution in [0.4, 0.5) is 0 Å². The van der Waals surface area contributed by atoms with Gasteiger partial charge < -0.3 is 10.2 Å². The average molecular weight is 237 g/mol. The maximum atomic E-state index is 12.4. The molecule has 0 radical (unpaired) electrons. The SMILES string of the molecule is CNC1C(=O)N(C2CC2)CCc2ncsc21. The third kappa shape index (κ3) is 1.55. The van der Waals surface area contributed by atoms with Crippen molar-refractivity contribution in [2.75, 3.05) is 13.6 Å². The van der Waals surface area contributed by atoms with E-state index in [2.05, 4.69) is 10.3 Å². The van der Waals surface area contributed by atoms with E-state index in [1.165, 1.54) is 12.8 Å². The molecule has 1 amide bonds. The van der Waals surface area contributed by atoms with Gasteiger partial charge in [-0.25, -0.2) is 4.98 Å². The Morgan fingerprint density at radius 3 is 3.06 bits per heavy atom. The van der Waals surface area contributed by atoms with Crippen molar-refractivity contribution in [2.45, 2.75) is 31.3 Å². The van der Waals surface area contributed by atoms with Crippen molar-refractivity contribution in [2.24, 2.45) is 0 Å². The zero-order valence-corrected chi connectivity index (χ0v) is 10.1. The lowest BCUT2D eigenvalue weighted by molar-refractivity contribution is -0.133. The third-order valence-electron chi connectivity index (χ3n) is 3.33. The molecule has 1 saturated carbocycles. The van der Waals surface area contributed by atoms with Gasteiger partial charge in [0.1, 0.15) is 6.04 Å². The fourth-order valence-electron chi connectivity index (χ4n) is 2.32. The Labute approximate surface area is 98.7 Å². The van der Waals surface area contributed by atoms with Crippen LogP contribution >= 0.6 is 11.3 Å². The average Bonchev–Trinajstić information content (AvgIpc) is 3.03. The molecule has 5 heteroatoms. The Balaban J connectivity index is 1.94. The van der Waals surface area contributed by atoms with E-state index in [-0.39, 0.29) is 11.9 Å². The molecule has 86 valence electrons. The summed E-state index contributed by atoms with van der Waals surface area (Å²) >= 11 is 1.59. The summed E-state index contributed by atoms with van der Waals surface area (Å²) in [4.78, 5) is 19.9. The summed E-state index contributed by atoms with van der Waals surface area (Å²) in [6.07, 6.45) is 3.24. The molecule has 3 rings (SSSR count). The van der Waals surface area contributed by atoms with Crippen molar-refractivity contribution < 1.29 is 4.79 Å². The highest BCUT2D eigenvalue weighted by atomic mass is 32.1. The fraction of sp³-hybridized carbons (Fsp3) is 0.636. The highest BCUT2D eigenvalue weighted by Crippen LogP contribution is 2.34. The van der Waals surface area contributed by atoms with Crippen LogP contribution in [0.5, 0.6) is 0 Å². The minimum atomic E-state index is -0.175. The van der Waals surface area contributed by atoms with Crippen molar-refractivity contribution in [1.29, 1.82) is 0 Å². The zero-order chi connectivity index (χ0) is 11.1. The maximum absolute atomic E-state index is 12.4. The molecular weight excluding hydrogens is 222 g/mol. The number of rotatable bonds is 2. The van der Waals surface area contributed by atoms with Crippen LogP contribution in [-0.2, 0) is 11.2 Å². The number of amides is 1. The molecule has 1 N–H and O–H groups in total. The second-order valence-corrected chi connectivity index (χ2v) is 5.28. The van der Waals surface area contributed by atoms with Crippen molar-refractivity contribution in [3.63, 3.8) is 0 Å². The third-order valence-corrected chi connectivity index (χ3v) is 4.27. The van der Waals surface area contributed by atoms with E-state index in [0.29, 0.717) is 6.04 Å². The number of carbonyl (C=O) groups excluding carboxylic acids is 1. The van der Waals surface area contributed by atoms with Gasteiger partial charge >= 0.3 is 0 Å². The molecule has 0 spiro atoms. The monoisotopic (exact) mass is 237 g/mol. The first kappa shape index (κ1) is 10.2. The maximum Gasteiger partial charge on any atom is 0.245 e. The predicted molar refractivity (Wildman–Crippen MR) is 62.4 cm³/mol. The molecule has 16 heavy (non-hydrogen) atoms. The van der Waals surface area contributed by atoms with Gasteiger partial charge in [-0.1, -0.05) is 0 Å². The van der Waals surface area contributed by atoms with Gasteiger partial charge in [0.15, 0.2) is 0 Å². The first-order chi connectivity index (χ1) is 7.81. The Kier molecular flexibility index (Phi) is 2.44. The van der Waals surface area contributed by atoms with Gasteiger partial charge in [-0.2, -0.15) is 0 Å². The molecule has 1 atom stereocenters. The number of nitrogens with one attached hydrogen (secondary N) is 1. The van der Waals surface area contributed by atoms with Gasteiger partial charge in [0.25, 0.3) is 0 Å². The van der Waals surface area contributed by atoms with E-state index >= 15 is 0 Å². The number of hydrogen-bond acceptors (Lipinski definition) is 4. The van der Waals surface area contributed by atoms with Gasteiger partial charge in [-0.15, -0.1) is 11.3 Å². The fourth-order valence-corrected chi connectivity index (χ4v) is 3.26. The standard InChI is InChI=1S/C11H15N3OS/c1-12-9-10-8(13-6-16-10)4-5-14(11(9)15)7-2-3-7/h6-7,9,12H,2-5H2,1H3. The summed E-state index contributed by atoms with van der Waals surface area (Å²) in [7, 11) is 1.85. The lowest BCUT2D eigenvalue weighted by atomic mass is 10.2. The number of carbonyl (C=O) groups is 1. The molecular formula is C11H15N3OS. The second-order valence-electron chi connectivity index (χ2n) is 4.40. The minimum Gasteiger partial charge on any atom is -0.338 e. The molecule has 1 fully saturated rings. The smallest absolute Gasteiger partial charge is 0.245 e. The van der Waals surface area contributed by atoms with Gasteiger partial charge in [0, 0.05) is 19.0 Å². The van der Waals surface area contributed by atoms with Crippen LogP contribution in [0.3, 0.4) is 0 Å². The lowest BCUT2D eigenvalue weighted by Crippen LogP contribution is -2.40. The van der Waals surface area contributed by atoms with Crippen molar-refractivity contribution >= 4 is 17.2 Å². The van der Waals surface area contributed by atoms with E-state index < -0.39 is 0 Å². The van der Waals surface area contributed by atoms with E-state index in [0.717, 1.165) is 23.5 Å². The molecule has 0 bridgehead atoms. The second kappa shape index (κ2) is 3.82. The number of thiazole rings is 1. The van der Waals surface area contributed by atoms with Crippen LogP contribution < -0.4 is 5.32 Å². The highest BCUT2D eigenvalue weighted by Gasteiger charge is 2.38. The minimum absolute atomic E-state index is 0.175. The summed E-state index contributed by atoms with van der Waals surface area (Å²) in [5.41, 5.74) is 2.94. The Morgan fingerprint density at radius 1 is 1.56 bits per heavy atom. The molecule has 4 nitrogen and oxygen atoms in total. The summed E-state index contributed by atoms with van der Waals surface area (Å²) in [5, 5.41) is 3.13.